The van der Waals surface area contributed by atoms with Crippen LogP contribution in [0.2, 0.25) is 0 Å². The van der Waals surface area contributed by atoms with Crippen LogP contribution in [-0.4, -0.2) is 53.2 Å². The van der Waals surface area contributed by atoms with E-state index < -0.39 is 12.1 Å². The fourth-order valence-corrected chi connectivity index (χ4v) is 2.10. The summed E-state index contributed by atoms with van der Waals surface area (Å²) in [6.45, 7) is 2.47. The van der Waals surface area contributed by atoms with Crippen molar-refractivity contribution in [3.63, 3.8) is 0 Å². The molecule has 1 saturated heterocycles. The molecule has 1 aliphatic carbocycles. The van der Waals surface area contributed by atoms with E-state index in [0.717, 1.165) is 24.2 Å². The zero-order valence-electron chi connectivity index (χ0n) is 10.7. The second-order valence-corrected chi connectivity index (χ2v) is 5.08. The lowest BCUT2D eigenvalue weighted by atomic mass is 10.1. The van der Waals surface area contributed by atoms with Gasteiger partial charge in [0.15, 0.2) is 0 Å². The van der Waals surface area contributed by atoms with Gasteiger partial charge < -0.3 is 15.7 Å². The van der Waals surface area contributed by atoms with Gasteiger partial charge in [-0.2, -0.15) is 0 Å². The van der Waals surface area contributed by atoms with Gasteiger partial charge in [0.25, 0.3) is 5.91 Å². The van der Waals surface area contributed by atoms with Crippen molar-refractivity contribution in [2.45, 2.75) is 50.8 Å². The maximum absolute atomic E-state index is 11.9. The third-order valence-corrected chi connectivity index (χ3v) is 3.30. The lowest BCUT2D eigenvalue weighted by Gasteiger charge is -2.18. The number of urea groups is 1. The van der Waals surface area contributed by atoms with E-state index in [1.807, 2.05) is 6.92 Å². The van der Waals surface area contributed by atoms with Crippen LogP contribution in [0.15, 0.2) is 0 Å². The summed E-state index contributed by atoms with van der Waals surface area (Å²) in [5.74, 6) is -0.215. The molecule has 1 heterocycles. The normalized spacial score (nSPS) is 25.4. The summed E-state index contributed by atoms with van der Waals surface area (Å²) < 4.78 is 0. The maximum Gasteiger partial charge on any atom is 0.324 e. The average Bonchev–Trinajstić information content (AvgIpc) is 3.12. The molecule has 2 rings (SSSR count). The van der Waals surface area contributed by atoms with Crippen molar-refractivity contribution in [1.82, 2.24) is 15.5 Å². The highest BCUT2D eigenvalue weighted by molar-refractivity contribution is 6.04. The number of aliphatic hydroxyl groups is 1. The van der Waals surface area contributed by atoms with Crippen LogP contribution in [0.5, 0.6) is 0 Å². The minimum atomic E-state index is -0.694. The van der Waals surface area contributed by atoms with Gasteiger partial charge in [0.2, 0.25) is 0 Å². The number of hydrogen-bond donors (Lipinski definition) is 3. The molecule has 0 aromatic rings. The molecule has 0 bridgehead atoms. The van der Waals surface area contributed by atoms with Crippen LogP contribution in [0.3, 0.4) is 0 Å². The molecule has 0 aromatic carbocycles. The Labute approximate surface area is 107 Å². The summed E-state index contributed by atoms with van der Waals surface area (Å²) in [5.41, 5.74) is 0. The fraction of sp³-hybridized carbons (Fsp3) is 0.833. The Morgan fingerprint density at radius 2 is 2.22 bits per heavy atom. The predicted molar refractivity (Wildman–Crippen MR) is 66.0 cm³/mol. The Balaban J connectivity index is 1.79. The standard InChI is InChI=1S/C12H21N3O3/c1-2-3-10-11(17)15(12(18)14-10)7-9(16)6-13-8-4-5-8/h8-10,13,16H,2-7H2,1H3,(H,14,18). The van der Waals surface area contributed by atoms with E-state index in [1.54, 1.807) is 0 Å². The lowest BCUT2D eigenvalue weighted by molar-refractivity contribution is -0.128. The number of aliphatic hydroxyl groups excluding tert-OH is 1. The highest BCUT2D eigenvalue weighted by atomic mass is 16.3. The molecular weight excluding hydrogens is 234 g/mol. The van der Waals surface area contributed by atoms with Gasteiger partial charge in [-0.15, -0.1) is 0 Å². The van der Waals surface area contributed by atoms with Gasteiger partial charge in [-0.1, -0.05) is 13.3 Å². The number of carbonyl (C=O) groups is 2. The second kappa shape index (κ2) is 5.67. The third kappa shape index (κ3) is 3.20. The highest BCUT2D eigenvalue weighted by Gasteiger charge is 2.38. The van der Waals surface area contributed by atoms with Gasteiger partial charge >= 0.3 is 6.03 Å². The lowest BCUT2D eigenvalue weighted by Crippen LogP contribution is -2.42. The van der Waals surface area contributed by atoms with Crippen molar-refractivity contribution in [2.24, 2.45) is 0 Å². The number of rotatable bonds is 7. The summed E-state index contributed by atoms with van der Waals surface area (Å²) >= 11 is 0. The molecule has 0 radical (unpaired) electrons. The molecule has 0 aromatic heterocycles. The van der Waals surface area contributed by atoms with Crippen LogP contribution in [0.1, 0.15) is 32.6 Å². The Morgan fingerprint density at radius 3 is 2.83 bits per heavy atom. The SMILES string of the molecule is CCCC1NC(=O)N(CC(O)CNC2CC2)C1=O. The third-order valence-electron chi connectivity index (χ3n) is 3.30. The first-order chi connectivity index (χ1) is 8.61. The molecule has 1 aliphatic heterocycles. The van der Waals surface area contributed by atoms with Gasteiger partial charge in [0, 0.05) is 12.6 Å². The number of imide groups is 1. The van der Waals surface area contributed by atoms with Crippen LogP contribution in [-0.2, 0) is 4.79 Å². The molecule has 102 valence electrons. The van der Waals surface area contributed by atoms with Crippen LogP contribution < -0.4 is 10.6 Å². The largest absolute Gasteiger partial charge is 0.390 e. The van der Waals surface area contributed by atoms with Crippen molar-refractivity contribution in [3.8, 4) is 0 Å². The van der Waals surface area contributed by atoms with Crippen LogP contribution in [0, 0.1) is 0 Å². The minimum Gasteiger partial charge on any atom is -0.390 e. The van der Waals surface area contributed by atoms with E-state index >= 15 is 0 Å². The van der Waals surface area contributed by atoms with Crippen LogP contribution in [0.4, 0.5) is 4.79 Å². The number of β-amino-alcohol motifs (C(OH)–C–C–N with tert-alkyl or cyclic N) is 1. The molecule has 0 spiro atoms. The van der Waals surface area contributed by atoms with E-state index in [0.29, 0.717) is 19.0 Å². The second-order valence-electron chi connectivity index (χ2n) is 5.08. The van der Waals surface area contributed by atoms with E-state index in [9.17, 15) is 14.7 Å². The molecule has 3 N–H and O–H groups in total. The van der Waals surface area contributed by atoms with E-state index in [-0.39, 0.29) is 18.5 Å². The Kier molecular flexibility index (Phi) is 4.19. The molecule has 18 heavy (non-hydrogen) atoms. The van der Waals surface area contributed by atoms with Gasteiger partial charge in [-0.25, -0.2) is 4.79 Å². The van der Waals surface area contributed by atoms with E-state index in [2.05, 4.69) is 10.6 Å². The van der Waals surface area contributed by atoms with E-state index in [1.165, 1.54) is 0 Å². The topological polar surface area (TPSA) is 81.7 Å². The zero-order chi connectivity index (χ0) is 13.1. The molecule has 6 nitrogen and oxygen atoms in total. The molecule has 3 amide bonds. The quantitative estimate of drug-likeness (QED) is 0.551. The first-order valence-corrected chi connectivity index (χ1v) is 6.65. The summed E-state index contributed by atoms with van der Waals surface area (Å²) in [4.78, 5) is 24.6. The first-order valence-electron chi connectivity index (χ1n) is 6.65. The smallest absolute Gasteiger partial charge is 0.324 e. The van der Waals surface area contributed by atoms with Gasteiger partial charge in [0.1, 0.15) is 6.04 Å². The summed E-state index contributed by atoms with van der Waals surface area (Å²) in [6.07, 6.45) is 3.09. The summed E-state index contributed by atoms with van der Waals surface area (Å²) in [5, 5.41) is 15.6. The maximum atomic E-state index is 11.9. The van der Waals surface area contributed by atoms with Crippen LogP contribution >= 0.6 is 0 Å². The van der Waals surface area contributed by atoms with Gasteiger partial charge in [-0.05, 0) is 19.3 Å². The highest BCUT2D eigenvalue weighted by Crippen LogP contribution is 2.18. The Hall–Kier alpha value is -1.14. The molecule has 2 aliphatic rings. The monoisotopic (exact) mass is 255 g/mol. The number of hydrogen-bond acceptors (Lipinski definition) is 4. The van der Waals surface area contributed by atoms with Gasteiger partial charge in [0.05, 0.1) is 12.6 Å². The first kappa shape index (κ1) is 13.3. The molecule has 6 heteroatoms. The Bertz CT molecular complexity index is 331. The number of amides is 3. The summed E-state index contributed by atoms with van der Waals surface area (Å²) in [7, 11) is 0. The van der Waals surface area contributed by atoms with Crippen molar-refractivity contribution >= 4 is 11.9 Å². The Morgan fingerprint density at radius 1 is 1.50 bits per heavy atom. The number of nitrogens with one attached hydrogen (secondary N) is 2. The molecule has 2 unspecified atom stereocenters. The van der Waals surface area contributed by atoms with E-state index in [4.69, 9.17) is 0 Å². The molecular formula is C12H21N3O3. The molecule has 2 fully saturated rings. The van der Waals surface area contributed by atoms with Gasteiger partial charge in [-0.3, -0.25) is 9.69 Å². The molecule has 2 atom stereocenters. The average molecular weight is 255 g/mol. The van der Waals surface area contributed by atoms with Crippen molar-refractivity contribution in [3.05, 3.63) is 0 Å². The summed E-state index contributed by atoms with van der Waals surface area (Å²) in [6, 6.07) is -0.286. The van der Waals surface area contributed by atoms with Crippen LogP contribution in [0.25, 0.3) is 0 Å². The number of nitrogens with zero attached hydrogens (tertiary/aromatic N) is 1. The number of carbonyl (C=O) groups excluding carboxylic acids is 2. The van der Waals surface area contributed by atoms with Crippen molar-refractivity contribution < 1.29 is 14.7 Å². The molecule has 1 saturated carbocycles. The minimum absolute atomic E-state index is 0.0740. The predicted octanol–water partition coefficient (Wildman–Crippen LogP) is -0.180. The fourth-order valence-electron chi connectivity index (χ4n) is 2.10. The van der Waals surface area contributed by atoms with Crippen molar-refractivity contribution in [2.75, 3.05) is 13.1 Å². The zero-order valence-corrected chi connectivity index (χ0v) is 10.7. The van der Waals surface area contributed by atoms with Crippen molar-refractivity contribution in [1.29, 1.82) is 0 Å².